The Hall–Kier alpha value is -1.69. The van der Waals surface area contributed by atoms with E-state index in [0.717, 1.165) is 12.5 Å². The Labute approximate surface area is 105 Å². The molecule has 1 rings (SSSR count). The Morgan fingerprint density at radius 1 is 1.56 bits per heavy atom. The number of anilines is 1. The van der Waals surface area contributed by atoms with Crippen LogP contribution in [0.1, 0.15) is 18.9 Å². The lowest BCUT2D eigenvalue weighted by Gasteiger charge is -2.17. The summed E-state index contributed by atoms with van der Waals surface area (Å²) in [5.41, 5.74) is 0.436. The predicted octanol–water partition coefficient (Wildman–Crippen LogP) is 2.88. The molecule has 0 radical (unpaired) electrons. The zero-order valence-corrected chi connectivity index (χ0v) is 10.7. The fourth-order valence-corrected chi connectivity index (χ4v) is 1.62. The lowest BCUT2D eigenvalue weighted by atomic mass is 10.1. The minimum atomic E-state index is -0.593. The first kappa shape index (κ1) is 14.4. The number of hydrogen-bond acceptors (Lipinski definition) is 4. The number of rotatable bonds is 6. The van der Waals surface area contributed by atoms with Gasteiger partial charge in [0.25, 0.3) is 5.69 Å². The molecule has 1 N–H and O–H groups in total. The third-order valence-electron chi connectivity index (χ3n) is 2.69. The van der Waals surface area contributed by atoms with E-state index in [1.54, 1.807) is 14.0 Å². The Balaban J connectivity index is 3.06. The molecule has 0 aliphatic carbocycles. The highest BCUT2D eigenvalue weighted by molar-refractivity contribution is 5.63. The number of hydrogen-bond donors (Lipinski definition) is 1. The van der Waals surface area contributed by atoms with Crippen molar-refractivity contribution in [1.82, 2.24) is 0 Å². The van der Waals surface area contributed by atoms with E-state index in [2.05, 4.69) is 5.32 Å². The molecule has 0 heterocycles. The summed E-state index contributed by atoms with van der Waals surface area (Å²) in [6.45, 7) is 3.95. The first-order chi connectivity index (χ1) is 8.49. The molecule has 0 amide bonds. The monoisotopic (exact) mass is 256 g/mol. The van der Waals surface area contributed by atoms with Gasteiger partial charge in [-0.05, 0) is 25.0 Å². The van der Waals surface area contributed by atoms with E-state index in [-0.39, 0.29) is 11.7 Å². The molecule has 100 valence electrons. The van der Waals surface area contributed by atoms with Crippen LogP contribution in [0.15, 0.2) is 12.1 Å². The number of nitrogens with zero attached hydrogens (tertiary/aromatic N) is 1. The second kappa shape index (κ2) is 6.30. The van der Waals surface area contributed by atoms with E-state index < -0.39 is 10.7 Å². The smallest absolute Gasteiger partial charge is 0.295 e. The maximum Gasteiger partial charge on any atom is 0.295 e. The van der Waals surface area contributed by atoms with E-state index in [0.29, 0.717) is 17.9 Å². The summed E-state index contributed by atoms with van der Waals surface area (Å²) < 4.78 is 18.3. The maximum atomic E-state index is 13.3. The lowest BCUT2D eigenvalue weighted by Crippen LogP contribution is -2.24. The van der Waals surface area contributed by atoms with Gasteiger partial charge in [-0.15, -0.1) is 0 Å². The Bertz CT molecular complexity index is 438. The zero-order valence-electron chi connectivity index (χ0n) is 10.7. The predicted molar refractivity (Wildman–Crippen MR) is 67.4 cm³/mol. The molecule has 0 spiro atoms. The number of nitro groups is 1. The number of nitro benzene ring substituents is 1. The van der Waals surface area contributed by atoms with Crippen LogP contribution in [0, 0.1) is 22.9 Å². The number of nitrogens with one attached hydrogen (secondary N) is 1. The molecule has 0 bridgehead atoms. The van der Waals surface area contributed by atoms with Gasteiger partial charge in [-0.2, -0.15) is 0 Å². The molecular weight excluding hydrogens is 239 g/mol. The van der Waals surface area contributed by atoms with Gasteiger partial charge in [-0.3, -0.25) is 10.1 Å². The van der Waals surface area contributed by atoms with Gasteiger partial charge in [-0.25, -0.2) is 4.39 Å². The van der Waals surface area contributed by atoms with Crippen LogP contribution in [0.5, 0.6) is 0 Å². The van der Waals surface area contributed by atoms with Crippen LogP contribution >= 0.6 is 0 Å². The fraction of sp³-hybridized carbons (Fsp3) is 0.500. The number of benzene rings is 1. The molecule has 18 heavy (non-hydrogen) atoms. The van der Waals surface area contributed by atoms with Crippen LogP contribution in [0.4, 0.5) is 15.8 Å². The van der Waals surface area contributed by atoms with E-state index in [1.807, 2.05) is 6.92 Å². The average molecular weight is 256 g/mol. The van der Waals surface area contributed by atoms with Gasteiger partial charge in [0.05, 0.1) is 17.6 Å². The van der Waals surface area contributed by atoms with Gasteiger partial charge in [0.15, 0.2) is 0 Å². The molecule has 0 aliphatic rings. The molecule has 1 aromatic carbocycles. The third kappa shape index (κ3) is 3.40. The van der Waals surface area contributed by atoms with Crippen molar-refractivity contribution in [2.24, 2.45) is 0 Å². The van der Waals surface area contributed by atoms with E-state index >= 15 is 0 Å². The van der Waals surface area contributed by atoms with Crippen LogP contribution in [0.2, 0.25) is 0 Å². The number of halogens is 1. The lowest BCUT2D eigenvalue weighted by molar-refractivity contribution is -0.384. The Morgan fingerprint density at radius 2 is 2.22 bits per heavy atom. The molecule has 5 nitrogen and oxygen atoms in total. The Kier molecular flexibility index (Phi) is 5.03. The minimum absolute atomic E-state index is 0.0430. The highest BCUT2D eigenvalue weighted by Crippen LogP contribution is 2.28. The molecule has 0 saturated carbocycles. The standard InChI is InChI=1S/C12H17FN2O3/c1-4-9(7-18-3)14-11-5-8(2)10(13)6-12(11)15(16)17/h5-6,9,14H,4,7H2,1-3H3. The van der Waals surface area contributed by atoms with Crippen molar-refractivity contribution in [2.75, 3.05) is 19.0 Å². The molecule has 0 saturated heterocycles. The second-order valence-corrected chi connectivity index (χ2v) is 4.08. The van der Waals surface area contributed by atoms with Crippen molar-refractivity contribution in [3.8, 4) is 0 Å². The second-order valence-electron chi connectivity index (χ2n) is 4.08. The van der Waals surface area contributed by atoms with Crippen molar-refractivity contribution in [3.63, 3.8) is 0 Å². The van der Waals surface area contributed by atoms with Gasteiger partial charge in [-0.1, -0.05) is 6.92 Å². The first-order valence-electron chi connectivity index (χ1n) is 5.69. The molecule has 1 aromatic rings. The summed E-state index contributed by atoms with van der Waals surface area (Å²) in [5, 5.41) is 13.9. The van der Waals surface area contributed by atoms with E-state index in [4.69, 9.17) is 4.74 Å². The molecule has 1 unspecified atom stereocenters. The largest absolute Gasteiger partial charge is 0.383 e. The van der Waals surface area contributed by atoms with E-state index in [9.17, 15) is 14.5 Å². The topological polar surface area (TPSA) is 64.4 Å². The first-order valence-corrected chi connectivity index (χ1v) is 5.69. The van der Waals surface area contributed by atoms with Crippen LogP contribution in [0.25, 0.3) is 0 Å². The molecule has 0 aliphatic heterocycles. The SMILES string of the molecule is CCC(COC)Nc1cc(C)c(F)cc1[N+](=O)[O-]. The summed E-state index contributed by atoms with van der Waals surface area (Å²) in [7, 11) is 1.56. The van der Waals surface area contributed by atoms with Gasteiger partial charge in [0.1, 0.15) is 11.5 Å². The molecule has 1 atom stereocenters. The van der Waals surface area contributed by atoms with Crippen LogP contribution < -0.4 is 5.32 Å². The van der Waals surface area contributed by atoms with Crippen LogP contribution in [0.3, 0.4) is 0 Å². The maximum absolute atomic E-state index is 13.3. The number of methoxy groups -OCH3 is 1. The summed E-state index contributed by atoms with van der Waals surface area (Å²) in [6.07, 6.45) is 0.751. The molecule has 0 fully saturated rings. The zero-order chi connectivity index (χ0) is 13.7. The number of aryl methyl sites for hydroxylation is 1. The molecular formula is C12H17FN2O3. The van der Waals surface area contributed by atoms with Gasteiger partial charge >= 0.3 is 0 Å². The van der Waals surface area contributed by atoms with Crippen LogP contribution in [-0.2, 0) is 4.74 Å². The van der Waals surface area contributed by atoms with Crippen molar-refractivity contribution in [2.45, 2.75) is 26.3 Å². The van der Waals surface area contributed by atoms with Crippen molar-refractivity contribution < 1.29 is 14.1 Å². The normalized spacial score (nSPS) is 12.2. The average Bonchev–Trinajstić information content (AvgIpc) is 2.32. The fourth-order valence-electron chi connectivity index (χ4n) is 1.62. The van der Waals surface area contributed by atoms with Crippen LogP contribution in [-0.4, -0.2) is 24.7 Å². The van der Waals surface area contributed by atoms with Gasteiger partial charge in [0.2, 0.25) is 0 Å². The van der Waals surface area contributed by atoms with E-state index in [1.165, 1.54) is 6.07 Å². The molecule has 0 aromatic heterocycles. The van der Waals surface area contributed by atoms with Gasteiger partial charge < -0.3 is 10.1 Å². The summed E-state index contributed by atoms with van der Waals surface area (Å²) >= 11 is 0. The Morgan fingerprint density at radius 3 is 2.72 bits per heavy atom. The van der Waals surface area contributed by atoms with Crippen molar-refractivity contribution in [1.29, 1.82) is 0 Å². The minimum Gasteiger partial charge on any atom is -0.383 e. The van der Waals surface area contributed by atoms with Crippen molar-refractivity contribution in [3.05, 3.63) is 33.6 Å². The van der Waals surface area contributed by atoms with Gasteiger partial charge in [0, 0.05) is 13.2 Å². The summed E-state index contributed by atoms with van der Waals surface area (Å²) in [6, 6.07) is 2.35. The quantitative estimate of drug-likeness (QED) is 0.628. The summed E-state index contributed by atoms with van der Waals surface area (Å²) in [4.78, 5) is 10.3. The van der Waals surface area contributed by atoms with Crippen molar-refractivity contribution >= 4 is 11.4 Å². The highest BCUT2D eigenvalue weighted by atomic mass is 19.1. The summed E-state index contributed by atoms with van der Waals surface area (Å²) in [5.74, 6) is -0.577. The number of ether oxygens (including phenoxy) is 1. The third-order valence-corrected chi connectivity index (χ3v) is 2.69. The molecule has 6 heteroatoms. The highest BCUT2D eigenvalue weighted by Gasteiger charge is 2.19.